The maximum absolute atomic E-state index is 13.7. The molecule has 68 heavy (non-hydrogen) atoms. The fourth-order valence-corrected chi connectivity index (χ4v) is 13.2. The number of benzene rings is 1. The molecule has 0 aromatic heterocycles. The minimum absolute atomic E-state index is 0.0386. The number of fused-ring (bicyclic) bond motifs is 1. The van der Waals surface area contributed by atoms with Crippen LogP contribution < -0.4 is 9.47 Å². The van der Waals surface area contributed by atoms with E-state index in [0.717, 1.165) is 102 Å². The van der Waals surface area contributed by atoms with E-state index in [1.165, 1.54) is 29.6 Å². The first kappa shape index (κ1) is 52.5. The van der Waals surface area contributed by atoms with Gasteiger partial charge in [-0.15, -0.1) is 0 Å². The van der Waals surface area contributed by atoms with E-state index in [1.54, 1.807) is 12.1 Å². The van der Waals surface area contributed by atoms with Gasteiger partial charge in [-0.3, -0.25) is 24.0 Å². The average molecular weight is 971 g/mol. The van der Waals surface area contributed by atoms with Crippen molar-refractivity contribution in [2.45, 2.75) is 151 Å². The molecule has 0 bridgehead atoms. The Kier molecular flexibility index (Phi) is 20.7. The van der Waals surface area contributed by atoms with Crippen molar-refractivity contribution < 1.29 is 52.5 Å². The number of esters is 5. The van der Waals surface area contributed by atoms with Gasteiger partial charge in [-0.1, -0.05) is 36.7 Å². The van der Waals surface area contributed by atoms with Gasteiger partial charge >= 0.3 is 29.8 Å². The molecule has 5 aliphatic rings. The molecule has 0 atom stereocenters. The smallest absolute Gasteiger partial charge is 0.330 e. The zero-order valence-electron chi connectivity index (χ0n) is 39.2. The van der Waals surface area contributed by atoms with Gasteiger partial charge in [0.15, 0.2) is 5.78 Å². The highest BCUT2D eigenvalue weighted by atomic mass is 32.2. The zero-order chi connectivity index (χ0) is 48.4. The molecule has 1 heterocycles. The van der Waals surface area contributed by atoms with Gasteiger partial charge in [-0.25, -0.2) is 4.79 Å². The predicted molar refractivity (Wildman–Crippen MR) is 255 cm³/mol. The van der Waals surface area contributed by atoms with Gasteiger partial charge < -0.3 is 23.7 Å². The number of rotatable bonds is 21. The van der Waals surface area contributed by atoms with Gasteiger partial charge in [0.2, 0.25) is 0 Å². The lowest BCUT2D eigenvalue weighted by Gasteiger charge is -2.36. The summed E-state index contributed by atoms with van der Waals surface area (Å²) < 4.78 is 28.6. The van der Waals surface area contributed by atoms with Crippen LogP contribution in [-0.4, -0.2) is 55.5 Å². The Balaban J connectivity index is 0.933. The van der Waals surface area contributed by atoms with Gasteiger partial charge in [-0.2, -0.15) is 10.5 Å². The highest BCUT2D eigenvalue weighted by Gasteiger charge is 2.39. The third-order valence-corrected chi connectivity index (χ3v) is 17.4. The van der Waals surface area contributed by atoms with Crippen LogP contribution in [0.4, 0.5) is 0 Å². The number of ether oxygens (including phenoxy) is 5. The van der Waals surface area contributed by atoms with E-state index in [0.29, 0.717) is 107 Å². The van der Waals surface area contributed by atoms with Crippen LogP contribution in [0.2, 0.25) is 0 Å². The number of nitriles is 2. The number of ketones is 1. The maximum atomic E-state index is 13.7. The number of thioether (sulfide) groups is 2. The summed E-state index contributed by atoms with van der Waals surface area (Å²) in [5, 5.41) is 19.4. The van der Waals surface area contributed by atoms with Gasteiger partial charge in [0.1, 0.15) is 29.2 Å². The van der Waals surface area contributed by atoms with Crippen LogP contribution in [0.1, 0.15) is 141 Å². The molecule has 4 saturated carbocycles. The lowest BCUT2D eigenvalue weighted by molar-refractivity contribution is -0.151. The largest absolute Gasteiger partial charge is 0.465 e. The fraction of sp³-hybridized carbons (Fsp3) is 0.623. The summed E-state index contributed by atoms with van der Waals surface area (Å²) >= 11 is 2.35. The molecule has 6 rings (SSSR count). The van der Waals surface area contributed by atoms with Crippen molar-refractivity contribution in [3.63, 3.8) is 0 Å². The van der Waals surface area contributed by atoms with Crippen LogP contribution in [0.3, 0.4) is 0 Å². The standard InChI is InChI=1S/C53H66N2O11S2/c1-3-43(56)10-6-5-7-30-63-49(58)38-19-11-34(12-20-38)36-15-23-40(24-16-36)51(60)65-44-27-28-45(48-47(44)67-53(68-48)42(32-54)33-55)66-52(61)41-25-17-37(18-26-41)35-13-21-39(22-14-35)50(59)64-31-9-8-29-62-46(57)4-2/h3-4,27-28,34-41H,1-2,5-26,29-31H2. The van der Waals surface area contributed by atoms with Gasteiger partial charge in [-0.05, 0) is 177 Å². The Morgan fingerprint density at radius 3 is 1.25 bits per heavy atom. The predicted octanol–water partition coefficient (Wildman–Crippen LogP) is 11.1. The van der Waals surface area contributed by atoms with E-state index >= 15 is 0 Å². The molecule has 4 aliphatic carbocycles. The Bertz CT molecular complexity index is 1960. The maximum Gasteiger partial charge on any atom is 0.330 e. The lowest BCUT2D eigenvalue weighted by Crippen LogP contribution is -2.31. The molecule has 1 aromatic rings. The second-order valence-corrected chi connectivity index (χ2v) is 21.3. The number of hydrogen-bond donors (Lipinski definition) is 0. The first-order chi connectivity index (χ1) is 33.0. The van der Waals surface area contributed by atoms with Crippen LogP contribution in [0.15, 0.2) is 57.0 Å². The Labute approximate surface area is 409 Å². The molecular weight excluding hydrogens is 905 g/mol. The molecule has 13 nitrogen and oxygen atoms in total. The minimum Gasteiger partial charge on any atom is -0.465 e. The first-order valence-electron chi connectivity index (χ1n) is 24.8. The zero-order valence-corrected chi connectivity index (χ0v) is 40.9. The van der Waals surface area contributed by atoms with E-state index in [4.69, 9.17) is 23.7 Å². The monoisotopic (exact) mass is 970 g/mol. The topological polar surface area (TPSA) is 196 Å². The molecule has 4 fully saturated rings. The fourth-order valence-electron chi connectivity index (χ4n) is 10.7. The summed E-state index contributed by atoms with van der Waals surface area (Å²) in [6.45, 7) is 7.82. The van der Waals surface area contributed by atoms with Crippen molar-refractivity contribution >= 4 is 59.2 Å². The van der Waals surface area contributed by atoms with E-state index in [1.807, 2.05) is 12.1 Å². The minimum atomic E-state index is -0.460. The lowest BCUT2D eigenvalue weighted by atomic mass is 9.69. The molecule has 15 heteroatoms. The Hall–Kier alpha value is -4.86. The first-order valence-corrected chi connectivity index (χ1v) is 26.4. The van der Waals surface area contributed by atoms with Crippen molar-refractivity contribution in [3.05, 3.63) is 47.3 Å². The number of allylic oxidation sites excluding steroid dienone is 2. The summed E-state index contributed by atoms with van der Waals surface area (Å²) in [5.41, 5.74) is -0.0647. The van der Waals surface area contributed by atoms with Gasteiger partial charge in [0.25, 0.3) is 0 Å². The Morgan fingerprint density at radius 1 is 0.515 bits per heavy atom. The van der Waals surface area contributed by atoms with Crippen LogP contribution in [0.25, 0.3) is 0 Å². The molecule has 0 amide bonds. The molecule has 0 unspecified atom stereocenters. The molecule has 1 aromatic carbocycles. The number of carbonyl (C=O) groups is 6. The summed E-state index contributed by atoms with van der Waals surface area (Å²) in [7, 11) is 0. The molecule has 0 radical (unpaired) electrons. The third-order valence-electron chi connectivity index (χ3n) is 14.8. The van der Waals surface area contributed by atoms with Crippen molar-refractivity contribution in [2.24, 2.45) is 47.3 Å². The average Bonchev–Trinajstić information content (AvgIpc) is 3.83. The van der Waals surface area contributed by atoms with Crippen LogP contribution in [0, 0.1) is 70.0 Å². The molecule has 0 saturated heterocycles. The van der Waals surface area contributed by atoms with Crippen molar-refractivity contribution in [1.29, 1.82) is 10.5 Å². The quantitative estimate of drug-likeness (QED) is 0.0281. The van der Waals surface area contributed by atoms with Gasteiger partial charge in [0, 0.05) is 12.5 Å². The number of carbonyl (C=O) groups excluding carboxylic acids is 6. The second-order valence-electron chi connectivity index (χ2n) is 19.0. The van der Waals surface area contributed by atoms with E-state index < -0.39 is 5.97 Å². The summed E-state index contributed by atoms with van der Waals surface area (Å²) in [6, 6.07) is 7.20. The Morgan fingerprint density at radius 2 is 0.882 bits per heavy atom. The van der Waals surface area contributed by atoms with Crippen LogP contribution in [0.5, 0.6) is 11.5 Å². The van der Waals surface area contributed by atoms with Crippen molar-refractivity contribution in [2.75, 3.05) is 19.8 Å². The SMILES string of the molecule is C=CC(=O)CCCCCOC(=O)C1CCC(C2CCC(C(=O)Oc3ccc(OC(=O)C4CCC(C5CCC(C(=O)OCCCCOC(=O)C=C)CC5)CC4)c4c3SC(=C(C#N)C#N)S4)CC2)CC1. The summed E-state index contributed by atoms with van der Waals surface area (Å²) in [4.78, 5) is 76.4. The summed E-state index contributed by atoms with van der Waals surface area (Å²) in [5.74, 6) is 0.548. The number of unbranched alkanes of at least 4 members (excludes halogenated alkanes) is 3. The van der Waals surface area contributed by atoms with Gasteiger partial charge in [0.05, 0.1) is 57.5 Å². The van der Waals surface area contributed by atoms with Crippen molar-refractivity contribution in [1.82, 2.24) is 0 Å². The normalized spacial score (nSPS) is 25.5. The van der Waals surface area contributed by atoms with Crippen molar-refractivity contribution in [3.8, 4) is 23.6 Å². The summed E-state index contributed by atoms with van der Waals surface area (Å²) in [6.07, 6.45) is 20.0. The van der Waals surface area contributed by atoms with E-state index in [9.17, 15) is 39.3 Å². The third kappa shape index (κ3) is 14.8. The van der Waals surface area contributed by atoms with Crippen LogP contribution >= 0.6 is 23.5 Å². The second kappa shape index (κ2) is 26.8. The van der Waals surface area contributed by atoms with E-state index in [2.05, 4.69) is 13.2 Å². The number of nitrogens with zero attached hydrogens (tertiary/aromatic N) is 2. The molecule has 0 spiro atoms. The molecule has 366 valence electrons. The van der Waals surface area contributed by atoms with Crippen LogP contribution in [-0.2, 0) is 43.0 Å². The number of hydrogen-bond acceptors (Lipinski definition) is 15. The highest BCUT2D eigenvalue weighted by molar-refractivity contribution is 8.24. The molecule has 0 N–H and O–H groups in total. The van der Waals surface area contributed by atoms with E-state index in [-0.39, 0.29) is 65.5 Å². The molecular formula is C53H66N2O11S2. The molecule has 1 aliphatic heterocycles. The highest BCUT2D eigenvalue weighted by Crippen LogP contribution is 2.59.